The van der Waals surface area contributed by atoms with Gasteiger partial charge in [0, 0.05) is 23.3 Å². The summed E-state index contributed by atoms with van der Waals surface area (Å²) in [5.74, 6) is 0.0988. The number of hydrogen-bond donors (Lipinski definition) is 2. The SMILES string of the molecule is CCc1cn[nH]c1NC(=O)c1cccc([N+](=O)[O-])c1. The number of H-pyrrole nitrogens is 1. The van der Waals surface area contributed by atoms with Crippen LogP contribution in [0.15, 0.2) is 30.5 Å². The van der Waals surface area contributed by atoms with E-state index in [0.29, 0.717) is 5.82 Å². The molecule has 0 saturated heterocycles. The fourth-order valence-electron chi connectivity index (χ4n) is 1.63. The fourth-order valence-corrected chi connectivity index (χ4v) is 1.63. The van der Waals surface area contributed by atoms with Crippen LogP contribution in [0.5, 0.6) is 0 Å². The summed E-state index contributed by atoms with van der Waals surface area (Å²) in [7, 11) is 0. The van der Waals surface area contributed by atoms with Gasteiger partial charge in [0.15, 0.2) is 0 Å². The van der Waals surface area contributed by atoms with Gasteiger partial charge >= 0.3 is 0 Å². The number of benzene rings is 1. The highest BCUT2D eigenvalue weighted by Gasteiger charge is 2.13. The van der Waals surface area contributed by atoms with Gasteiger partial charge in [-0.05, 0) is 12.5 Å². The average molecular weight is 260 g/mol. The highest BCUT2D eigenvalue weighted by molar-refractivity contribution is 6.04. The molecule has 0 bridgehead atoms. The molecule has 0 saturated carbocycles. The Bertz CT molecular complexity index is 621. The largest absolute Gasteiger partial charge is 0.307 e. The van der Waals surface area contributed by atoms with Gasteiger partial charge in [-0.2, -0.15) is 5.10 Å². The second-order valence-corrected chi connectivity index (χ2v) is 3.89. The van der Waals surface area contributed by atoms with Crippen molar-refractivity contribution in [3.63, 3.8) is 0 Å². The predicted octanol–water partition coefficient (Wildman–Crippen LogP) is 2.13. The summed E-state index contributed by atoms with van der Waals surface area (Å²) < 4.78 is 0. The lowest BCUT2D eigenvalue weighted by molar-refractivity contribution is -0.384. The van der Waals surface area contributed by atoms with Gasteiger partial charge in [0.2, 0.25) is 0 Å². The van der Waals surface area contributed by atoms with Crippen LogP contribution in [0.25, 0.3) is 0 Å². The van der Waals surface area contributed by atoms with Crippen molar-refractivity contribution >= 4 is 17.4 Å². The van der Waals surface area contributed by atoms with E-state index in [9.17, 15) is 14.9 Å². The lowest BCUT2D eigenvalue weighted by Crippen LogP contribution is -2.13. The smallest absolute Gasteiger partial charge is 0.270 e. The standard InChI is InChI=1S/C12H12N4O3/c1-2-8-7-13-15-11(8)14-12(17)9-4-3-5-10(6-9)16(18)19/h3-7H,2H2,1H3,(H2,13,14,15,17). The number of hydrogen-bond acceptors (Lipinski definition) is 4. The minimum atomic E-state index is -0.537. The molecule has 1 heterocycles. The Hall–Kier alpha value is -2.70. The number of amides is 1. The number of aryl methyl sites for hydroxylation is 1. The van der Waals surface area contributed by atoms with Crippen LogP contribution in [0.2, 0.25) is 0 Å². The summed E-state index contributed by atoms with van der Waals surface area (Å²) in [5.41, 5.74) is 0.984. The zero-order valence-corrected chi connectivity index (χ0v) is 10.2. The Kier molecular flexibility index (Phi) is 3.56. The first kappa shape index (κ1) is 12.7. The Morgan fingerprint density at radius 2 is 2.32 bits per heavy atom. The highest BCUT2D eigenvalue weighted by Crippen LogP contribution is 2.16. The minimum absolute atomic E-state index is 0.118. The number of nitro groups is 1. The summed E-state index contributed by atoms with van der Waals surface area (Å²) in [6, 6.07) is 5.56. The minimum Gasteiger partial charge on any atom is -0.307 e. The molecular weight excluding hydrogens is 248 g/mol. The number of nitro benzene ring substituents is 1. The fraction of sp³-hybridized carbons (Fsp3) is 0.167. The second kappa shape index (κ2) is 5.30. The number of aromatic nitrogens is 2. The van der Waals surface area contributed by atoms with Crippen LogP contribution in [-0.4, -0.2) is 21.0 Å². The first-order valence-corrected chi connectivity index (χ1v) is 5.70. The summed E-state index contributed by atoms with van der Waals surface area (Å²) >= 11 is 0. The van der Waals surface area contributed by atoms with Gasteiger partial charge in [-0.25, -0.2) is 0 Å². The molecule has 19 heavy (non-hydrogen) atoms. The van der Waals surface area contributed by atoms with Crippen LogP contribution in [0.4, 0.5) is 11.5 Å². The van der Waals surface area contributed by atoms with E-state index in [1.165, 1.54) is 24.3 Å². The van der Waals surface area contributed by atoms with Crippen molar-refractivity contribution in [3.05, 3.63) is 51.7 Å². The molecule has 0 spiro atoms. The van der Waals surface area contributed by atoms with Crippen LogP contribution >= 0.6 is 0 Å². The van der Waals surface area contributed by atoms with E-state index in [0.717, 1.165) is 12.0 Å². The van der Waals surface area contributed by atoms with Crippen LogP contribution in [0, 0.1) is 10.1 Å². The van der Waals surface area contributed by atoms with Gasteiger partial charge in [-0.15, -0.1) is 0 Å². The Labute approximate surface area is 108 Å². The van der Waals surface area contributed by atoms with Crippen LogP contribution in [0.1, 0.15) is 22.8 Å². The van der Waals surface area contributed by atoms with Crippen molar-refractivity contribution in [3.8, 4) is 0 Å². The van der Waals surface area contributed by atoms with E-state index in [1.807, 2.05) is 6.92 Å². The normalized spacial score (nSPS) is 10.2. The topological polar surface area (TPSA) is 101 Å². The van der Waals surface area contributed by atoms with Gasteiger partial charge in [0.1, 0.15) is 5.82 Å². The maximum atomic E-state index is 12.0. The zero-order valence-electron chi connectivity index (χ0n) is 10.2. The van der Waals surface area contributed by atoms with Crippen LogP contribution in [-0.2, 0) is 6.42 Å². The predicted molar refractivity (Wildman–Crippen MR) is 69.0 cm³/mol. The van der Waals surface area contributed by atoms with E-state index in [2.05, 4.69) is 15.5 Å². The van der Waals surface area contributed by atoms with Crippen LogP contribution in [0.3, 0.4) is 0 Å². The molecule has 1 amide bonds. The first-order valence-electron chi connectivity index (χ1n) is 5.70. The number of anilines is 1. The van der Waals surface area contributed by atoms with E-state index in [-0.39, 0.29) is 11.3 Å². The number of nitrogens with one attached hydrogen (secondary N) is 2. The number of carbonyl (C=O) groups excluding carboxylic acids is 1. The summed E-state index contributed by atoms with van der Waals surface area (Å²) in [6.07, 6.45) is 2.35. The van der Waals surface area contributed by atoms with E-state index >= 15 is 0 Å². The summed E-state index contributed by atoms with van der Waals surface area (Å²) in [6.45, 7) is 1.94. The molecule has 1 aromatic heterocycles. The van der Waals surface area contributed by atoms with E-state index in [1.54, 1.807) is 6.20 Å². The van der Waals surface area contributed by atoms with Crippen molar-refractivity contribution in [2.24, 2.45) is 0 Å². The second-order valence-electron chi connectivity index (χ2n) is 3.89. The monoisotopic (exact) mass is 260 g/mol. The number of non-ortho nitro benzene ring substituents is 1. The molecular formula is C12H12N4O3. The molecule has 2 rings (SSSR count). The number of rotatable bonds is 4. The van der Waals surface area contributed by atoms with Gasteiger partial charge < -0.3 is 5.32 Å². The molecule has 7 nitrogen and oxygen atoms in total. The molecule has 2 aromatic rings. The van der Waals surface area contributed by atoms with Crippen molar-refractivity contribution < 1.29 is 9.72 Å². The number of nitrogens with zero attached hydrogens (tertiary/aromatic N) is 2. The van der Waals surface area contributed by atoms with Gasteiger partial charge in [0.25, 0.3) is 11.6 Å². The van der Waals surface area contributed by atoms with Gasteiger partial charge in [0.05, 0.1) is 11.1 Å². The molecule has 1 aromatic carbocycles. The summed E-state index contributed by atoms with van der Waals surface area (Å²) in [5, 5.41) is 19.8. The molecule has 0 fully saturated rings. The molecule has 0 unspecified atom stereocenters. The summed E-state index contributed by atoms with van der Waals surface area (Å²) in [4.78, 5) is 22.1. The van der Waals surface area contributed by atoms with Gasteiger partial charge in [-0.1, -0.05) is 13.0 Å². The zero-order chi connectivity index (χ0) is 13.8. The van der Waals surface area contributed by atoms with E-state index < -0.39 is 10.8 Å². The third-order valence-electron chi connectivity index (χ3n) is 2.66. The molecule has 7 heteroatoms. The van der Waals surface area contributed by atoms with Crippen molar-refractivity contribution in [1.29, 1.82) is 0 Å². The van der Waals surface area contributed by atoms with Crippen LogP contribution < -0.4 is 5.32 Å². The third-order valence-corrected chi connectivity index (χ3v) is 2.66. The molecule has 0 aliphatic heterocycles. The van der Waals surface area contributed by atoms with Crippen molar-refractivity contribution in [1.82, 2.24) is 10.2 Å². The molecule has 2 N–H and O–H groups in total. The maximum absolute atomic E-state index is 12.0. The Morgan fingerprint density at radius 1 is 1.53 bits per heavy atom. The van der Waals surface area contributed by atoms with E-state index in [4.69, 9.17) is 0 Å². The molecule has 0 radical (unpaired) electrons. The first-order chi connectivity index (χ1) is 9.11. The number of aromatic amines is 1. The lowest BCUT2D eigenvalue weighted by atomic mass is 10.2. The molecule has 98 valence electrons. The molecule has 0 atom stereocenters. The average Bonchev–Trinajstić information content (AvgIpc) is 2.86. The molecule has 0 aliphatic rings. The van der Waals surface area contributed by atoms with Crippen molar-refractivity contribution in [2.75, 3.05) is 5.32 Å². The highest BCUT2D eigenvalue weighted by atomic mass is 16.6. The third kappa shape index (κ3) is 2.76. The maximum Gasteiger partial charge on any atom is 0.270 e. The Balaban J connectivity index is 2.20. The molecule has 0 aliphatic carbocycles. The quantitative estimate of drug-likeness (QED) is 0.649. The van der Waals surface area contributed by atoms with Gasteiger partial charge in [-0.3, -0.25) is 20.0 Å². The van der Waals surface area contributed by atoms with Crippen molar-refractivity contribution in [2.45, 2.75) is 13.3 Å². The Morgan fingerprint density at radius 3 is 3.00 bits per heavy atom. The number of carbonyl (C=O) groups is 1. The lowest BCUT2D eigenvalue weighted by Gasteiger charge is -2.04.